The maximum absolute atomic E-state index is 9.28. The Morgan fingerprint density at radius 2 is 2.00 bits per heavy atom. The van der Waals surface area contributed by atoms with Crippen molar-refractivity contribution in [2.45, 2.75) is 39.3 Å². The Morgan fingerprint density at radius 1 is 1.22 bits per heavy atom. The number of pyridine rings is 1. The molecule has 0 radical (unpaired) electrons. The van der Waals surface area contributed by atoms with Crippen LogP contribution in [0.2, 0.25) is 0 Å². The highest BCUT2D eigenvalue weighted by molar-refractivity contribution is 5.55. The predicted molar refractivity (Wildman–Crippen MR) is 94.8 cm³/mol. The van der Waals surface area contributed by atoms with Gasteiger partial charge in [-0.1, -0.05) is 24.3 Å². The van der Waals surface area contributed by atoms with Crippen LogP contribution in [0.25, 0.3) is 0 Å². The van der Waals surface area contributed by atoms with Crippen molar-refractivity contribution in [2.24, 2.45) is 0 Å². The summed E-state index contributed by atoms with van der Waals surface area (Å²) in [6, 6.07) is 12.4. The Kier molecular flexibility index (Phi) is 4.82. The SMILES string of the molecule is Cc1nc(N2CCCC2)ccc1NC(C)c1cccc(CO)c1. The van der Waals surface area contributed by atoms with Gasteiger partial charge in [-0.2, -0.15) is 0 Å². The molecule has 0 amide bonds. The maximum Gasteiger partial charge on any atom is 0.128 e. The van der Waals surface area contributed by atoms with Crippen molar-refractivity contribution in [3.05, 3.63) is 53.2 Å². The summed E-state index contributed by atoms with van der Waals surface area (Å²) in [5.74, 6) is 1.08. The minimum absolute atomic E-state index is 0.0751. The lowest BCUT2D eigenvalue weighted by atomic mass is 10.1. The van der Waals surface area contributed by atoms with Crippen LogP contribution in [0.5, 0.6) is 0 Å². The fourth-order valence-electron chi connectivity index (χ4n) is 3.10. The molecular weight excluding hydrogens is 286 g/mol. The minimum atomic E-state index is 0.0751. The molecule has 1 aromatic heterocycles. The van der Waals surface area contributed by atoms with Crippen LogP contribution in [0.1, 0.15) is 42.6 Å². The molecule has 0 bridgehead atoms. The van der Waals surface area contributed by atoms with Gasteiger partial charge in [0, 0.05) is 19.1 Å². The van der Waals surface area contributed by atoms with Crippen LogP contribution >= 0.6 is 0 Å². The Hall–Kier alpha value is -2.07. The lowest BCUT2D eigenvalue weighted by Crippen LogP contribution is -2.19. The van der Waals surface area contributed by atoms with Gasteiger partial charge < -0.3 is 15.3 Å². The van der Waals surface area contributed by atoms with Gasteiger partial charge >= 0.3 is 0 Å². The van der Waals surface area contributed by atoms with Crippen LogP contribution in [0, 0.1) is 6.92 Å². The van der Waals surface area contributed by atoms with Crippen molar-refractivity contribution in [1.82, 2.24) is 4.98 Å². The molecule has 0 saturated carbocycles. The Morgan fingerprint density at radius 3 is 2.70 bits per heavy atom. The second kappa shape index (κ2) is 7.01. The molecule has 1 aliphatic rings. The summed E-state index contributed by atoms with van der Waals surface area (Å²) < 4.78 is 0. The lowest BCUT2D eigenvalue weighted by molar-refractivity contribution is 0.281. The first-order valence-electron chi connectivity index (χ1n) is 8.36. The number of anilines is 2. The van der Waals surface area contributed by atoms with E-state index >= 15 is 0 Å². The summed E-state index contributed by atoms with van der Waals surface area (Å²) in [5, 5.41) is 12.8. The summed E-state index contributed by atoms with van der Waals surface area (Å²) in [6.07, 6.45) is 2.53. The smallest absolute Gasteiger partial charge is 0.128 e. The molecule has 1 saturated heterocycles. The van der Waals surface area contributed by atoms with Gasteiger partial charge in [0.1, 0.15) is 5.82 Å². The Bertz CT molecular complexity index is 665. The molecule has 1 atom stereocenters. The predicted octanol–water partition coefficient (Wildman–Crippen LogP) is 3.66. The van der Waals surface area contributed by atoms with Crippen molar-refractivity contribution >= 4 is 11.5 Å². The van der Waals surface area contributed by atoms with Gasteiger partial charge in [0.05, 0.1) is 18.0 Å². The van der Waals surface area contributed by atoms with E-state index in [0.717, 1.165) is 35.9 Å². The molecule has 0 spiro atoms. The second-order valence-electron chi connectivity index (χ2n) is 6.27. The average molecular weight is 311 g/mol. The molecule has 2 N–H and O–H groups in total. The number of hydrogen-bond acceptors (Lipinski definition) is 4. The zero-order chi connectivity index (χ0) is 16.2. The molecular formula is C19H25N3O. The quantitative estimate of drug-likeness (QED) is 0.885. The summed E-state index contributed by atoms with van der Waals surface area (Å²) >= 11 is 0. The second-order valence-corrected chi connectivity index (χ2v) is 6.27. The highest BCUT2D eigenvalue weighted by Gasteiger charge is 2.15. The molecule has 4 heteroatoms. The van der Waals surface area contributed by atoms with Crippen LogP contribution in [0.15, 0.2) is 36.4 Å². The van der Waals surface area contributed by atoms with E-state index in [2.05, 4.69) is 42.3 Å². The maximum atomic E-state index is 9.28. The fourth-order valence-corrected chi connectivity index (χ4v) is 3.10. The van der Waals surface area contributed by atoms with E-state index in [1.807, 2.05) is 18.2 Å². The largest absolute Gasteiger partial charge is 0.392 e. The Balaban J connectivity index is 1.73. The van der Waals surface area contributed by atoms with Gasteiger partial charge in [0.25, 0.3) is 0 Å². The molecule has 1 aliphatic heterocycles. The van der Waals surface area contributed by atoms with Gasteiger partial charge in [0.2, 0.25) is 0 Å². The summed E-state index contributed by atoms with van der Waals surface area (Å²) in [5.41, 5.74) is 4.20. The number of aliphatic hydroxyl groups excluding tert-OH is 1. The van der Waals surface area contributed by atoms with E-state index < -0.39 is 0 Å². The zero-order valence-corrected chi connectivity index (χ0v) is 13.9. The molecule has 1 fully saturated rings. The monoisotopic (exact) mass is 311 g/mol. The van der Waals surface area contributed by atoms with Gasteiger partial charge in [-0.25, -0.2) is 4.98 Å². The zero-order valence-electron chi connectivity index (χ0n) is 13.9. The minimum Gasteiger partial charge on any atom is -0.392 e. The lowest BCUT2D eigenvalue weighted by Gasteiger charge is -2.21. The van der Waals surface area contributed by atoms with Crippen molar-refractivity contribution in [3.63, 3.8) is 0 Å². The Labute approximate surface area is 138 Å². The van der Waals surface area contributed by atoms with Gasteiger partial charge in [0.15, 0.2) is 0 Å². The fraction of sp³-hybridized carbons (Fsp3) is 0.421. The van der Waals surface area contributed by atoms with Crippen LogP contribution in [-0.4, -0.2) is 23.2 Å². The average Bonchev–Trinajstić information content (AvgIpc) is 3.11. The van der Waals surface area contributed by atoms with E-state index in [9.17, 15) is 5.11 Å². The molecule has 2 aromatic rings. The van der Waals surface area contributed by atoms with Crippen molar-refractivity contribution in [3.8, 4) is 0 Å². The number of nitrogens with one attached hydrogen (secondary N) is 1. The van der Waals surface area contributed by atoms with Gasteiger partial charge in [-0.15, -0.1) is 0 Å². The van der Waals surface area contributed by atoms with Crippen LogP contribution < -0.4 is 10.2 Å². The first-order chi connectivity index (χ1) is 11.2. The molecule has 0 aliphatic carbocycles. The molecule has 4 nitrogen and oxygen atoms in total. The highest BCUT2D eigenvalue weighted by Crippen LogP contribution is 2.25. The molecule has 3 rings (SSSR count). The van der Waals surface area contributed by atoms with E-state index in [-0.39, 0.29) is 12.6 Å². The number of nitrogens with zero attached hydrogens (tertiary/aromatic N) is 2. The molecule has 23 heavy (non-hydrogen) atoms. The van der Waals surface area contributed by atoms with E-state index in [1.54, 1.807) is 0 Å². The highest BCUT2D eigenvalue weighted by atomic mass is 16.3. The normalized spacial score (nSPS) is 15.7. The number of rotatable bonds is 5. The van der Waals surface area contributed by atoms with Gasteiger partial charge in [-0.05, 0) is 49.9 Å². The molecule has 122 valence electrons. The number of aliphatic hydroxyl groups is 1. The number of aryl methyl sites for hydroxylation is 1. The van der Waals surface area contributed by atoms with Crippen molar-refractivity contribution in [2.75, 3.05) is 23.3 Å². The molecule has 2 heterocycles. The van der Waals surface area contributed by atoms with Crippen LogP contribution in [0.3, 0.4) is 0 Å². The number of aromatic nitrogens is 1. The summed E-state index contributed by atoms with van der Waals surface area (Å²) in [7, 11) is 0. The van der Waals surface area contributed by atoms with Crippen LogP contribution in [0.4, 0.5) is 11.5 Å². The van der Waals surface area contributed by atoms with E-state index in [0.29, 0.717) is 0 Å². The summed E-state index contributed by atoms with van der Waals surface area (Å²) in [6.45, 7) is 6.49. The van der Waals surface area contributed by atoms with Crippen molar-refractivity contribution < 1.29 is 5.11 Å². The molecule has 1 aromatic carbocycles. The van der Waals surface area contributed by atoms with Gasteiger partial charge in [-0.3, -0.25) is 0 Å². The topological polar surface area (TPSA) is 48.4 Å². The standard InChI is InChI=1S/C19H25N3O/c1-14(17-7-5-6-16(12-17)13-23)20-18-8-9-19(21-15(18)2)22-10-3-4-11-22/h5-9,12,14,20,23H,3-4,10-11,13H2,1-2H3. The van der Waals surface area contributed by atoms with E-state index in [4.69, 9.17) is 4.98 Å². The summed E-state index contributed by atoms with van der Waals surface area (Å²) in [4.78, 5) is 7.11. The number of benzene rings is 1. The van der Waals surface area contributed by atoms with E-state index in [1.165, 1.54) is 18.4 Å². The van der Waals surface area contributed by atoms with Crippen molar-refractivity contribution in [1.29, 1.82) is 0 Å². The van der Waals surface area contributed by atoms with Crippen LogP contribution in [-0.2, 0) is 6.61 Å². The third kappa shape index (κ3) is 3.64. The number of hydrogen-bond donors (Lipinski definition) is 2. The third-order valence-electron chi connectivity index (χ3n) is 4.51. The first-order valence-corrected chi connectivity index (χ1v) is 8.36. The first kappa shape index (κ1) is 15.8. The third-order valence-corrected chi connectivity index (χ3v) is 4.51. The molecule has 1 unspecified atom stereocenters.